The highest BCUT2D eigenvalue weighted by molar-refractivity contribution is 8.00. The van der Waals surface area contributed by atoms with Gasteiger partial charge in [-0.25, -0.2) is 0 Å². The van der Waals surface area contributed by atoms with Crippen LogP contribution in [0.3, 0.4) is 0 Å². The molecule has 1 aromatic rings. The number of halogens is 2. The van der Waals surface area contributed by atoms with Crippen molar-refractivity contribution in [2.75, 3.05) is 18.1 Å². The largest absolute Gasteiger partial charge is 0.366 e. The Hall–Kier alpha value is -0.260. The van der Waals surface area contributed by atoms with Crippen LogP contribution in [0.4, 0.5) is 5.82 Å². The van der Waals surface area contributed by atoms with Crippen LogP contribution in [0.1, 0.15) is 26.7 Å². The Kier molecular flexibility index (Phi) is 5.76. The van der Waals surface area contributed by atoms with Crippen LogP contribution in [0.15, 0.2) is 0 Å². The van der Waals surface area contributed by atoms with Crippen molar-refractivity contribution in [3.05, 3.63) is 10.4 Å². The lowest BCUT2D eigenvalue weighted by Crippen LogP contribution is -2.32. The van der Waals surface area contributed by atoms with Crippen molar-refractivity contribution >= 4 is 40.8 Å². The molecule has 0 fully saturated rings. The summed E-state index contributed by atoms with van der Waals surface area (Å²) in [5.41, 5.74) is 0. The summed E-state index contributed by atoms with van der Waals surface area (Å²) in [6, 6.07) is 0. The number of nitrogens with zero attached hydrogens (tertiary/aromatic N) is 3. The maximum Gasteiger partial charge on any atom is 0.245 e. The van der Waals surface area contributed by atoms with Gasteiger partial charge in [0.15, 0.2) is 11.0 Å². The van der Waals surface area contributed by atoms with Crippen LogP contribution in [0.5, 0.6) is 0 Å². The topological polar surface area (TPSA) is 50.7 Å². The van der Waals surface area contributed by atoms with Gasteiger partial charge in [0.1, 0.15) is 0 Å². The average Bonchev–Trinajstić information content (AvgIpc) is 2.35. The van der Waals surface area contributed by atoms with Crippen molar-refractivity contribution in [3.8, 4) is 0 Å². The van der Waals surface area contributed by atoms with Gasteiger partial charge >= 0.3 is 0 Å². The van der Waals surface area contributed by atoms with Gasteiger partial charge in [-0.15, -0.1) is 10.2 Å². The highest BCUT2D eigenvalue weighted by Crippen LogP contribution is 2.31. The normalized spacial score (nSPS) is 11.6. The second-order valence-corrected chi connectivity index (χ2v) is 5.64. The minimum absolute atomic E-state index is 0.0969. The molecule has 0 bridgehead atoms. The maximum atomic E-state index is 5.89. The highest BCUT2D eigenvalue weighted by atomic mass is 35.5. The van der Waals surface area contributed by atoms with Crippen molar-refractivity contribution in [2.45, 2.75) is 31.4 Å². The number of rotatable bonds is 6. The zero-order valence-corrected chi connectivity index (χ0v) is 12.5. The van der Waals surface area contributed by atoms with Gasteiger partial charge < -0.3 is 5.32 Å². The van der Waals surface area contributed by atoms with Gasteiger partial charge in [-0.2, -0.15) is 16.7 Å². The Balaban J connectivity index is 2.75. The molecule has 0 aromatic carbocycles. The van der Waals surface area contributed by atoms with Crippen LogP contribution in [0.2, 0.25) is 10.4 Å². The van der Waals surface area contributed by atoms with Gasteiger partial charge in [0, 0.05) is 11.3 Å². The molecule has 0 aliphatic carbocycles. The lowest BCUT2D eigenvalue weighted by Gasteiger charge is -2.30. The maximum absolute atomic E-state index is 5.89. The molecule has 0 saturated carbocycles. The van der Waals surface area contributed by atoms with E-state index in [1.165, 1.54) is 0 Å². The Morgan fingerprint density at radius 2 is 1.88 bits per heavy atom. The van der Waals surface area contributed by atoms with Gasteiger partial charge in [-0.05, 0) is 30.7 Å². The molecule has 0 unspecified atom stereocenters. The average molecular weight is 295 g/mol. The molecule has 0 atom stereocenters. The Labute approximate surface area is 116 Å². The van der Waals surface area contributed by atoms with Gasteiger partial charge in [-0.1, -0.05) is 25.4 Å². The first-order valence-electron chi connectivity index (χ1n) is 5.41. The van der Waals surface area contributed by atoms with Crippen molar-refractivity contribution in [1.82, 2.24) is 15.2 Å². The van der Waals surface area contributed by atoms with E-state index in [-0.39, 0.29) is 15.2 Å². The van der Waals surface area contributed by atoms with E-state index in [9.17, 15) is 0 Å². The second-order valence-electron chi connectivity index (χ2n) is 3.67. The van der Waals surface area contributed by atoms with Gasteiger partial charge in [-0.3, -0.25) is 0 Å². The third kappa shape index (κ3) is 3.86. The molecule has 7 heteroatoms. The lowest BCUT2D eigenvalue weighted by atomic mass is 10.0. The molecule has 1 heterocycles. The smallest absolute Gasteiger partial charge is 0.245 e. The van der Waals surface area contributed by atoms with Crippen molar-refractivity contribution in [3.63, 3.8) is 0 Å². The molecular weight excluding hydrogens is 279 g/mol. The van der Waals surface area contributed by atoms with Crippen LogP contribution in [0, 0.1) is 0 Å². The van der Waals surface area contributed by atoms with Gasteiger partial charge in [0.2, 0.25) is 5.28 Å². The number of aromatic nitrogens is 3. The summed E-state index contributed by atoms with van der Waals surface area (Å²) in [6.45, 7) is 5.12. The molecular formula is C10H16Cl2N4S. The van der Waals surface area contributed by atoms with E-state index in [0.29, 0.717) is 5.82 Å². The third-order valence-corrected chi connectivity index (χ3v) is 4.92. The van der Waals surface area contributed by atoms with Crippen LogP contribution < -0.4 is 5.32 Å². The predicted molar refractivity (Wildman–Crippen MR) is 75.2 cm³/mol. The summed E-state index contributed by atoms with van der Waals surface area (Å²) in [5.74, 6) is 0.493. The van der Waals surface area contributed by atoms with Gasteiger partial charge in [0.05, 0.1) is 0 Å². The SMILES string of the molecule is CCC(CC)(CNc1nc(Cl)nnc1Cl)SC. The van der Waals surface area contributed by atoms with E-state index >= 15 is 0 Å². The number of nitrogens with one attached hydrogen (secondary N) is 1. The molecule has 0 saturated heterocycles. The molecule has 1 rings (SSSR count). The minimum atomic E-state index is 0.0969. The molecule has 17 heavy (non-hydrogen) atoms. The lowest BCUT2D eigenvalue weighted by molar-refractivity contribution is 0.573. The zero-order valence-electron chi connectivity index (χ0n) is 10.1. The van der Waals surface area contributed by atoms with Crippen molar-refractivity contribution in [2.24, 2.45) is 0 Å². The van der Waals surface area contributed by atoms with E-state index < -0.39 is 0 Å². The molecule has 96 valence electrons. The quantitative estimate of drug-likeness (QED) is 0.870. The standard InChI is InChI=1S/C10H16Cl2N4S/c1-4-10(5-2,17-3)6-13-8-7(11)15-16-9(12)14-8/h4-6H2,1-3H3,(H,13,14,16). The minimum Gasteiger partial charge on any atom is -0.366 e. The Morgan fingerprint density at radius 3 is 2.41 bits per heavy atom. The molecule has 4 nitrogen and oxygen atoms in total. The molecule has 0 radical (unpaired) electrons. The highest BCUT2D eigenvalue weighted by Gasteiger charge is 2.25. The Morgan fingerprint density at radius 1 is 1.24 bits per heavy atom. The summed E-state index contributed by atoms with van der Waals surface area (Å²) in [4.78, 5) is 4.02. The Bertz CT molecular complexity index is 363. The summed E-state index contributed by atoms with van der Waals surface area (Å²) in [5, 5.41) is 10.8. The van der Waals surface area contributed by atoms with E-state index in [1.807, 2.05) is 11.8 Å². The summed E-state index contributed by atoms with van der Waals surface area (Å²) in [6.07, 6.45) is 4.25. The summed E-state index contributed by atoms with van der Waals surface area (Å²) < 4.78 is 0.181. The second kappa shape index (κ2) is 6.61. The fourth-order valence-electron chi connectivity index (χ4n) is 1.51. The summed E-state index contributed by atoms with van der Waals surface area (Å²) >= 11 is 13.4. The number of hydrogen-bond acceptors (Lipinski definition) is 5. The third-order valence-electron chi connectivity index (χ3n) is 2.92. The molecule has 0 aliphatic heterocycles. The molecule has 1 aromatic heterocycles. The van der Waals surface area contributed by atoms with E-state index in [4.69, 9.17) is 23.2 Å². The number of thioether (sulfide) groups is 1. The van der Waals surface area contributed by atoms with Crippen molar-refractivity contribution in [1.29, 1.82) is 0 Å². The van der Waals surface area contributed by atoms with Crippen molar-refractivity contribution < 1.29 is 0 Å². The first-order valence-corrected chi connectivity index (χ1v) is 7.39. The predicted octanol–water partition coefficient (Wildman–Crippen LogP) is 3.51. The number of anilines is 1. The first-order chi connectivity index (χ1) is 8.06. The molecule has 0 aliphatic rings. The monoisotopic (exact) mass is 294 g/mol. The van der Waals surface area contributed by atoms with E-state index in [1.54, 1.807) is 0 Å². The van der Waals surface area contributed by atoms with E-state index in [0.717, 1.165) is 19.4 Å². The fourth-order valence-corrected chi connectivity index (χ4v) is 2.57. The fraction of sp³-hybridized carbons (Fsp3) is 0.700. The summed E-state index contributed by atoms with van der Waals surface area (Å²) in [7, 11) is 0. The first kappa shape index (κ1) is 14.8. The van der Waals surface area contributed by atoms with Crippen LogP contribution in [-0.4, -0.2) is 32.7 Å². The van der Waals surface area contributed by atoms with Crippen LogP contribution in [-0.2, 0) is 0 Å². The number of hydrogen-bond donors (Lipinski definition) is 1. The van der Waals surface area contributed by atoms with E-state index in [2.05, 4.69) is 40.6 Å². The van der Waals surface area contributed by atoms with Crippen LogP contribution in [0.25, 0.3) is 0 Å². The molecule has 1 N–H and O–H groups in total. The van der Waals surface area contributed by atoms with Crippen LogP contribution >= 0.6 is 35.0 Å². The van der Waals surface area contributed by atoms with Gasteiger partial charge in [0.25, 0.3) is 0 Å². The zero-order chi connectivity index (χ0) is 12.9. The molecule has 0 amide bonds. The molecule has 0 spiro atoms.